The molecule has 2 aliphatic rings. The van der Waals surface area contributed by atoms with Crippen molar-refractivity contribution in [2.24, 2.45) is 0 Å². The van der Waals surface area contributed by atoms with Crippen LogP contribution in [0.2, 0.25) is 0 Å². The van der Waals surface area contributed by atoms with Crippen LogP contribution in [0.25, 0.3) is 0 Å². The maximum Gasteiger partial charge on any atom is 0.410 e. The highest BCUT2D eigenvalue weighted by atomic mass is 16.6. The van der Waals surface area contributed by atoms with Gasteiger partial charge in [0, 0.05) is 19.7 Å². The number of nitrogens with one attached hydrogen (secondary N) is 1. The Morgan fingerprint density at radius 3 is 2.94 bits per heavy atom. The summed E-state index contributed by atoms with van der Waals surface area (Å²) >= 11 is 0. The van der Waals surface area contributed by atoms with Crippen molar-refractivity contribution in [3.05, 3.63) is 0 Å². The summed E-state index contributed by atoms with van der Waals surface area (Å²) in [5.41, 5.74) is -0.492. The Morgan fingerprint density at radius 1 is 1.44 bits per heavy atom. The maximum absolute atomic E-state index is 12.0. The third-order valence-electron chi connectivity index (χ3n) is 3.35. The number of likely N-dealkylation sites (tertiary alicyclic amines) is 1. The number of hydrogen-bond acceptors (Lipinski definition) is 4. The fraction of sp³-hybridized carbons (Fsp3) is 0.923. The molecule has 2 rings (SSSR count). The standard InChI is InChI=1S/C13H24N2O3/c1-12(2,3)18-11(16)15-7-5-13(9-15)10-17-8-4-6-14-13/h14H,4-10H2,1-3H3/t13-/m0/s1. The molecule has 0 aliphatic carbocycles. The zero-order chi connectivity index (χ0) is 13.2. The Balaban J connectivity index is 1.92. The van der Waals surface area contributed by atoms with Crippen molar-refractivity contribution in [3.63, 3.8) is 0 Å². The minimum Gasteiger partial charge on any atom is -0.444 e. The van der Waals surface area contributed by atoms with Crippen molar-refractivity contribution < 1.29 is 14.3 Å². The molecular formula is C13H24N2O3. The second-order valence-corrected chi connectivity index (χ2v) is 6.27. The number of nitrogens with zero attached hydrogens (tertiary/aromatic N) is 1. The Kier molecular flexibility index (Phi) is 3.82. The van der Waals surface area contributed by atoms with E-state index in [1.54, 1.807) is 4.90 Å². The highest BCUT2D eigenvalue weighted by molar-refractivity contribution is 5.68. The lowest BCUT2D eigenvalue weighted by Gasteiger charge is -2.29. The van der Waals surface area contributed by atoms with E-state index in [4.69, 9.17) is 9.47 Å². The fourth-order valence-corrected chi connectivity index (χ4v) is 2.46. The average Bonchev–Trinajstić information content (AvgIpc) is 2.51. The van der Waals surface area contributed by atoms with Crippen LogP contribution in [0.15, 0.2) is 0 Å². The summed E-state index contributed by atoms with van der Waals surface area (Å²) in [6.45, 7) is 9.56. The quantitative estimate of drug-likeness (QED) is 0.711. The van der Waals surface area contributed by atoms with Gasteiger partial charge in [-0.2, -0.15) is 0 Å². The highest BCUT2D eigenvalue weighted by Gasteiger charge is 2.41. The third kappa shape index (κ3) is 3.36. The SMILES string of the molecule is CC(C)(C)OC(=O)N1CC[C@@]2(COCCCN2)C1. The predicted octanol–water partition coefficient (Wildman–Crippen LogP) is 1.38. The van der Waals surface area contributed by atoms with Gasteiger partial charge in [0.25, 0.3) is 0 Å². The van der Waals surface area contributed by atoms with E-state index < -0.39 is 5.60 Å². The number of carbonyl (C=O) groups excluding carboxylic acids is 1. The van der Waals surface area contributed by atoms with Crippen molar-refractivity contribution in [2.75, 3.05) is 32.8 Å². The molecular weight excluding hydrogens is 232 g/mol. The van der Waals surface area contributed by atoms with Crippen LogP contribution in [0.5, 0.6) is 0 Å². The van der Waals surface area contributed by atoms with E-state index in [1.165, 1.54) is 0 Å². The molecule has 0 bridgehead atoms. The van der Waals surface area contributed by atoms with Crippen LogP contribution in [0.4, 0.5) is 4.79 Å². The zero-order valence-electron chi connectivity index (χ0n) is 11.6. The van der Waals surface area contributed by atoms with Crippen LogP contribution in [0.3, 0.4) is 0 Å². The molecule has 104 valence electrons. The molecule has 0 aromatic rings. The minimum absolute atomic E-state index is 0.0621. The van der Waals surface area contributed by atoms with Crippen LogP contribution in [0.1, 0.15) is 33.6 Å². The van der Waals surface area contributed by atoms with Crippen LogP contribution >= 0.6 is 0 Å². The van der Waals surface area contributed by atoms with Gasteiger partial charge in [-0.3, -0.25) is 0 Å². The zero-order valence-corrected chi connectivity index (χ0v) is 11.6. The van der Waals surface area contributed by atoms with E-state index >= 15 is 0 Å². The first-order valence-corrected chi connectivity index (χ1v) is 6.71. The molecule has 5 nitrogen and oxygen atoms in total. The van der Waals surface area contributed by atoms with Crippen LogP contribution in [-0.2, 0) is 9.47 Å². The van der Waals surface area contributed by atoms with Gasteiger partial charge in [-0.15, -0.1) is 0 Å². The molecule has 18 heavy (non-hydrogen) atoms. The van der Waals surface area contributed by atoms with E-state index in [1.807, 2.05) is 20.8 Å². The number of ether oxygens (including phenoxy) is 2. The van der Waals surface area contributed by atoms with Crippen molar-refractivity contribution in [3.8, 4) is 0 Å². The van der Waals surface area contributed by atoms with Crippen LogP contribution < -0.4 is 5.32 Å². The molecule has 0 aromatic heterocycles. The Labute approximate surface area is 109 Å². The first-order valence-electron chi connectivity index (χ1n) is 6.71. The summed E-state index contributed by atoms with van der Waals surface area (Å²) in [6, 6.07) is 0. The van der Waals surface area contributed by atoms with E-state index in [9.17, 15) is 4.79 Å². The smallest absolute Gasteiger partial charge is 0.410 e. The van der Waals surface area contributed by atoms with E-state index in [2.05, 4.69) is 5.32 Å². The van der Waals surface area contributed by atoms with E-state index in [0.29, 0.717) is 13.2 Å². The summed E-state index contributed by atoms with van der Waals surface area (Å²) in [4.78, 5) is 13.8. The third-order valence-corrected chi connectivity index (χ3v) is 3.35. The Bertz CT molecular complexity index is 304. The van der Waals surface area contributed by atoms with Gasteiger partial charge in [-0.1, -0.05) is 0 Å². The molecule has 1 spiro atoms. The molecule has 1 amide bonds. The summed E-state index contributed by atoms with van der Waals surface area (Å²) in [5, 5.41) is 3.53. The molecule has 2 fully saturated rings. The lowest BCUT2D eigenvalue weighted by atomic mass is 10.0. The second kappa shape index (κ2) is 5.05. The number of amides is 1. The molecule has 0 unspecified atom stereocenters. The summed E-state index contributed by atoms with van der Waals surface area (Å²) < 4.78 is 11.0. The average molecular weight is 256 g/mol. The van der Waals surface area contributed by atoms with Gasteiger partial charge in [0.05, 0.1) is 12.1 Å². The monoisotopic (exact) mass is 256 g/mol. The normalized spacial score (nSPS) is 29.4. The minimum atomic E-state index is -0.430. The van der Waals surface area contributed by atoms with Crippen molar-refractivity contribution >= 4 is 6.09 Å². The lowest BCUT2D eigenvalue weighted by Crippen LogP contribution is -2.51. The van der Waals surface area contributed by atoms with Crippen molar-refractivity contribution in [1.82, 2.24) is 10.2 Å². The first kappa shape index (κ1) is 13.6. The first-order chi connectivity index (χ1) is 8.40. The second-order valence-electron chi connectivity index (χ2n) is 6.27. The van der Waals surface area contributed by atoms with Crippen molar-refractivity contribution in [2.45, 2.75) is 44.8 Å². The van der Waals surface area contributed by atoms with E-state index in [0.717, 1.165) is 32.5 Å². The molecule has 2 heterocycles. The van der Waals surface area contributed by atoms with Gasteiger partial charge in [-0.05, 0) is 40.2 Å². The molecule has 2 aliphatic heterocycles. The van der Waals surface area contributed by atoms with Gasteiger partial charge in [0.2, 0.25) is 0 Å². The summed E-state index contributed by atoms with van der Waals surface area (Å²) in [5.74, 6) is 0. The van der Waals surface area contributed by atoms with Gasteiger partial charge >= 0.3 is 6.09 Å². The fourth-order valence-electron chi connectivity index (χ4n) is 2.46. The van der Waals surface area contributed by atoms with Gasteiger partial charge in [0.15, 0.2) is 0 Å². The molecule has 0 aromatic carbocycles. The number of rotatable bonds is 0. The van der Waals surface area contributed by atoms with Gasteiger partial charge < -0.3 is 19.7 Å². The summed E-state index contributed by atoms with van der Waals surface area (Å²) in [7, 11) is 0. The van der Waals surface area contributed by atoms with Gasteiger partial charge in [-0.25, -0.2) is 4.79 Å². The Morgan fingerprint density at radius 2 is 2.22 bits per heavy atom. The summed E-state index contributed by atoms with van der Waals surface area (Å²) in [6.07, 6.45) is 1.76. The molecule has 2 saturated heterocycles. The van der Waals surface area contributed by atoms with Crippen molar-refractivity contribution in [1.29, 1.82) is 0 Å². The Hall–Kier alpha value is -0.810. The molecule has 1 atom stereocenters. The number of hydrogen-bond donors (Lipinski definition) is 1. The lowest BCUT2D eigenvalue weighted by molar-refractivity contribution is 0.0262. The van der Waals surface area contributed by atoms with E-state index in [-0.39, 0.29) is 11.6 Å². The van der Waals surface area contributed by atoms with Crippen LogP contribution in [0, 0.1) is 0 Å². The van der Waals surface area contributed by atoms with Gasteiger partial charge in [0.1, 0.15) is 5.60 Å². The largest absolute Gasteiger partial charge is 0.444 e. The molecule has 5 heteroatoms. The number of carbonyl (C=O) groups is 1. The predicted molar refractivity (Wildman–Crippen MR) is 68.6 cm³/mol. The highest BCUT2D eigenvalue weighted by Crippen LogP contribution is 2.25. The topological polar surface area (TPSA) is 50.8 Å². The van der Waals surface area contributed by atoms with Crippen LogP contribution in [-0.4, -0.2) is 55.0 Å². The molecule has 0 radical (unpaired) electrons. The molecule has 1 N–H and O–H groups in total. The molecule has 0 saturated carbocycles. The maximum atomic E-state index is 12.0.